The highest BCUT2D eigenvalue weighted by atomic mass is 16.3. The van der Waals surface area contributed by atoms with E-state index in [0.717, 1.165) is 21.9 Å². The van der Waals surface area contributed by atoms with Crippen LogP contribution in [0, 0.1) is 0 Å². The molecule has 0 aliphatic carbocycles. The molecule has 0 radical (unpaired) electrons. The average molecular weight is 463 g/mol. The van der Waals surface area contributed by atoms with Crippen molar-refractivity contribution in [2.45, 2.75) is 44.5 Å². The van der Waals surface area contributed by atoms with E-state index in [-0.39, 0.29) is 24.9 Å². The number of carbonyl (C=O) groups is 2. The predicted molar refractivity (Wildman–Crippen MR) is 135 cm³/mol. The molecule has 3 rings (SSSR count). The fraction of sp³-hybridized carbons (Fsp3) is 0.333. The third-order valence-corrected chi connectivity index (χ3v) is 5.80. The lowest BCUT2D eigenvalue weighted by Gasteiger charge is -2.28. The maximum Gasteiger partial charge on any atom is 0.243 e. The number of aliphatic hydroxyl groups excluding tert-OH is 1. The maximum absolute atomic E-state index is 13.2. The number of hydrogen-bond donors (Lipinski definition) is 5. The number of aliphatic hydroxyl groups is 1. The highest BCUT2D eigenvalue weighted by molar-refractivity contribution is 5.92. The number of nitrogens with two attached hydrogens (primary N) is 1. The fourth-order valence-corrected chi connectivity index (χ4v) is 3.57. The van der Waals surface area contributed by atoms with E-state index in [0.29, 0.717) is 13.0 Å². The minimum Gasteiger partial charge on any atom is -0.390 e. The van der Waals surface area contributed by atoms with Crippen molar-refractivity contribution in [3.63, 3.8) is 0 Å². The Bertz CT molecular complexity index is 1100. The van der Waals surface area contributed by atoms with Crippen molar-refractivity contribution < 1.29 is 14.7 Å². The van der Waals surface area contributed by atoms with Crippen molar-refractivity contribution in [2.75, 3.05) is 13.1 Å². The number of rotatable bonds is 11. The molecule has 0 saturated heterocycles. The summed E-state index contributed by atoms with van der Waals surface area (Å²) < 4.78 is 0. The molecule has 0 fully saturated rings. The predicted octanol–water partition coefficient (Wildman–Crippen LogP) is 1.87. The maximum atomic E-state index is 13.2. The van der Waals surface area contributed by atoms with Crippen LogP contribution in [0.25, 0.3) is 10.8 Å². The number of fused-ring (bicyclic) bond motifs is 1. The molecule has 0 aromatic heterocycles. The van der Waals surface area contributed by atoms with Gasteiger partial charge in [-0.05, 0) is 35.7 Å². The molecule has 7 heteroatoms. The van der Waals surface area contributed by atoms with Crippen LogP contribution in [0.3, 0.4) is 0 Å². The number of benzene rings is 3. The first kappa shape index (κ1) is 25.4. The van der Waals surface area contributed by atoms with Crippen molar-refractivity contribution >= 4 is 22.6 Å². The molecule has 3 aromatic carbocycles. The second-order valence-corrected chi connectivity index (χ2v) is 9.01. The van der Waals surface area contributed by atoms with E-state index in [4.69, 9.17) is 5.73 Å². The summed E-state index contributed by atoms with van der Waals surface area (Å²) in [6.45, 7) is 4.15. The summed E-state index contributed by atoms with van der Waals surface area (Å²) in [5, 5.41) is 20.8. The van der Waals surface area contributed by atoms with E-state index in [1.54, 1.807) is 13.8 Å². The van der Waals surface area contributed by atoms with Crippen LogP contribution in [-0.2, 0) is 22.6 Å². The van der Waals surface area contributed by atoms with Crippen molar-refractivity contribution in [1.82, 2.24) is 16.0 Å². The highest BCUT2D eigenvalue weighted by Crippen LogP contribution is 2.17. The molecule has 2 atom stereocenters. The van der Waals surface area contributed by atoms with Gasteiger partial charge in [-0.15, -0.1) is 0 Å². The van der Waals surface area contributed by atoms with E-state index in [2.05, 4.69) is 16.0 Å². The Balaban J connectivity index is 1.73. The minimum atomic E-state index is -0.908. The molecule has 2 unspecified atom stereocenters. The molecule has 3 aromatic rings. The normalized spacial score (nSPS) is 13.3. The van der Waals surface area contributed by atoms with E-state index in [1.165, 1.54) is 0 Å². The van der Waals surface area contributed by atoms with Gasteiger partial charge in [-0.25, -0.2) is 0 Å². The second kappa shape index (κ2) is 11.7. The Morgan fingerprint density at radius 3 is 2.32 bits per heavy atom. The summed E-state index contributed by atoms with van der Waals surface area (Å²) in [5.41, 5.74) is 6.53. The first-order valence-electron chi connectivity index (χ1n) is 11.5. The van der Waals surface area contributed by atoms with E-state index < -0.39 is 17.7 Å². The van der Waals surface area contributed by atoms with Gasteiger partial charge >= 0.3 is 0 Å². The van der Waals surface area contributed by atoms with E-state index in [9.17, 15) is 14.7 Å². The van der Waals surface area contributed by atoms with Crippen LogP contribution in [0.4, 0.5) is 0 Å². The van der Waals surface area contributed by atoms with Crippen molar-refractivity contribution in [2.24, 2.45) is 5.73 Å². The summed E-state index contributed by atoms with van der Waals surface area (Å²) in [4.78, 5) is 26.1. The molecule has 180 valence electrons. The Morgan fingerprint density at radius 2 is 1.62 bits per heavy atom. The summed E-state index contributed by atoms with van der Waals surface area (Å²) in [6.07, 6.45) is -0.527. The average Bonchev–Trinajstić information content (AvgIpc) is 2.85. The molecule has 0 spiro atoms. The van der Waals surface area contributed by atoms with E-state index in [1.807, 2.05) is 72.8 Å². The van der Waals surface area contributed by atoms with Crippen molar-refractivity contribution in [3.05, 3.63) is 83.9 Å². The number of nitrogens with one attached hydrogen (secondary N) is 3. The van der Waals surface area contributed by atoms with Crippen LogP contribution in [0.5, 0.6) is 0 Å². The lowest BCUT2D eigenvalue weighted by atomic mass is 9.99. The zero-order chi connectivity index (χ0) is 24.6. The molecular weight excluding hydrogens is 428 g/mol. The first-order chi connectivity index (χ1) is 16.3. The quantitative estimate of drug-likeness (QED) is 0.298. The van der Waals surface area contributed by atoms with Crippen molar-refractivity contribution in [1.29, 1.82) is 0 Å². The van der Waals surface area contributed by atoms with Crippen LogP contribution in [-0.4, -0.2) is 47.7 Å². The largest absolute Gasteiger partial charge is 0.390 e. The van der Waals surface area contributed by atoms with E-state index >= 15 is 0 Å². The Kier molecular flexibility index (Phi) is 8.76. The molecule has 6 N–H and O–H groups in total. The fourth-order valence-electron chi connectivity index (χ4n) is 3.57. The lowest BCUT2D eigenvalue weighted by molar-refractivity contribution is -0.132. The molecule has 0 saturated carbocycles. The Morgan fingerprint density at radius 1 is 0.941 bits per heavy atom. The van der Waals surface area contributed by atoms with Gasteiger partial charge in [0.25, 0.3) is 0 Å². The second-order valence-electron chi connectivity index (χ2n) is 9.01. The standard InChI is InChI=1S/C27H34N4O3/c1-27(2,30-17-19-8-4-3-5-9-19)26(34)31-24(25(33)29-18-23(32)16-28)15-20-12-13-21-10-6-7-11-22(21)14-20/h3-14,23-24,30,32H,15-18,28H2,1-2H3,(H,29,33)(H,31,34). The zero-order valence-corrected chi connectivity index (χ0v) is 19.8. The smallest absolute Gasteiger partial charge is 0.243 e. The molecular formula is C27H34N4O3. The molecule has 7 nitrogen and oxygen atoms in total. The van der Waals surface area contributed by atoms with Gasteiger partial charge in [0.15, 0.2) is 0 Å². The highest BCUT2D eigenvalue weighted by Gasteiger charge is 2.31. The lowest BCUT2D eigenvalue weighted by Crippen LogP contribution is -2.58. The first-order valence-corrected chi connectivity index (χ1v) is 11.5. The molecule has 34 heavy (non-hydrogen) atoms. The topological polar surface area (TPSA) is 116 Å². The van der Waals surface area contributed by atoms with Crippen LogP contribution in [0.2, 0.25) is 0 Å². The van der Waals surface area contributed by atoms with Crippen LogP contribution >= 0.6 is 0 Å². The van der Waals surface area contributed by atoms with Gasteiger partial charge in [0.1, 0.15) is 6.04 Å². The van der Waals surface area contributed by atoms with Gasteiger partial charge in [-0.3, -0.25) is 14.9 Å². The van der Waals surface area contributed by atoms with Crippen LogP contribution in [0.1, 0.15) is 25.0 Å². The van der Waals surface area contributed by atoms with Gasteiger partial charge in [-0.1, -0.05) is 72.8 Å². The molecule has 0 aliphatic heterocycles. The molecule has 0 bridgehead atoms. The van der Waals surface area contributed by atoms with Gasteiger partial charge in [-0.2, -0.15) is 0 Å². The third kappa shape index (κ3) is 7.12. The summed E-state index contributed by atoms with van der Waals surface area (Å²) in [5.74, 6) is -0.656. The van der Waals surface area contributed by atoms with Crippen LogP contribution < -0.4 is 21.7 Å². The molecule has 0 heterocycles. The number of hydrogen-bond acceptors (Lipinski definition) is 5. The summed E-state index contributed by atoms with van der Waals surface area (Å²) >= 11 is 0. The SMILES string of the molecule is CC(C)(NCc1ccccc1)C(=O)NC(Cc1ccc2ccccc2c1)C(=O)NCC(O)CN. The van der Waals surface area contributed by atoms with Gasteiger partial charge in [0.05, 0.1) is 11.6 Å². The van der Waals surface area contributed by atoms with Crippen molar-refractivity contribution in [3.8, 4) is 0 Å². The van der Waals surface area contributed by atoms with Gasteiger partial charge in [0, 0.05) is 26.1 Å². The Hall–Kier alpha value is -3.26. The molecule has 2 amide bonds. The number of amides is 2. The third-order valence-electron chi connectivity index (χ3n) is 5.80. The minimum absolute atomic E-state index is 0.0229. The summed E-state index contributed by atoms with van der Waals surface area (Å²) in [7, 11) is 0. The zero-order valence-electron chi connectivity index (χ0n) is 19.8. The van der Waals surface area contributed by atoms with Crippen LogP contribution in [0.15, 0.2) is 72.8 Å². The van der Waals surface area contributed by atoms with Gasteiger partial charge < -0.3 is 21.5 Å². The molecule has 0 aliphatic rings. The number of carbonyl (C=O) groups excluding carboxylic acids is 2. The monoisotopic (exact) mass is 462 g/mol. The van der Waals surface area contributed by atoms with Gasteiger partial charge in [0.2, 0.25) is 11.8 Å². The summed E-state index contributed by atoms with van der Waals surface area (Å²) in [6, 6.07) is 23.0. The Labute approximate surface area is 200 Å².